The summed E-state index contributed by atoms with van der Waals surface area (Å²) in [5.74, 6) is 0. The zero-order valence-corrected chi connectivity index (χ0v) is 10.0. The molecule has 1 unspecified atom stereocenters. The van der Waals surface area contributed by atoms with Gasteiger partial charge in [0.05, 0.1) is 18.4 Å². The van der Waals surface area contributed by atoms with Crippen LogP contribution in [0.3, 0.4) is 0 Å². The molecular weight excluding hydrogens is 274 g/mol. The van der Waals surface area contributed by atoms with Crippen molar-refractivity contribution in [2.45, 2.75) is 6.10 Å². The first-order valence-corrected chi connectivity index (χ1v) is 5.67. The molecule has 1 aromatic carbocycles. The molecule has 0 saturated heterocycles. The molecule has 16 heavy (non-hydrogen) atoms. The van der Waals surface area contributed by atoms with Crippen LogP contribution in [-0.2, 0) is 0 Å². The highest BCUT2D eigenvalue weighted by atomic mass is 79.9. The number of nitrogens with zero attached hydrogens (tertiary/aromatic N) is 1. The van der Waals surface area contributed by atoms with Crippen LogP contribution in [0.25, 0.3) is 10.9 Å². The van der Waals surface area contributed by atoms with Gasteiger partial charge in [-0.3, -0.25) is 5.10 Å². The number of anilines is 1. The van der Waals surface area contributed by atoms with E-state index in [1.54, 1.807) is 0 Å². The van der Waals surface area contributed by atoms with Crippen LogP contribution in [0.4, 0.5) is 5.69 Å². The Morgan fingerprint density at radius 1 is 1.50 bits per heavy atom. The van der Waals surface area contributed by atoms with E-state index in [-0.39, 0.29) is 6.61 Å². The van der Waals surface area contributed by atoms with E-state index in [1.165, 1.54) is 0 Å². The molecule has 0 aliphatic rings. The molecule has 1 atom stereocenters. The van der Waals surface area contributed by atoms with Crippen LogP contribution < -0.4 is 5.32 Å². The molecule has 0 fully saturated rings. The van der Waals surface area contributed by atoms with Gasteiger partial charge < -0.3 is 15.5 Å². The van der Waals surface area contributed by atoms with Crippen LogP contribution in [-0.4, -0.2) is 39.7 Å². The second-order valence-electron chi connectivity index (χ2n) is 3.46. The Balaban J connectivity index is 2.24. The zero-order valence-electron chi connectivity index (χ0n) is 8.44. The fraction of sp³-hybridized carbons (Fsp3) is 0.300. The van der Waals surface area contributed by atoms with E-state index in [2.05, 4.69) is 31.4 Å². The topological polar surface area (TPSA) is 81.2 Å². The van der Waals surface area contributed by atoms with Gasteiger partial charge in [0.25, 0.3) is 0 Å². The lowest BCUT2D eigenvalue weighted by molar-refractivity contribution is 0.105. The van der Waals surface area contributed by atoms with Gasteiger partial charge in [-0.2, -0.15) is 5.10 Å². The number of aliphatic hydroxyl groups is 2. The molecule has 6 heteroatoms. The molecule has 4 N–H and O–H groups in total. The van der Waals surface area contributed by atoms with Crippen molar-refractivity contribution in [3.8, 4) is 0 Å². The molecular formula is C10H12BrN3O2. The molecule has 0 saturated carbocycles. The number of benzene rings is 1. The van der Waals surface area contributed by atoms with Gasteiger partial charge in [-0.25, -0.2) is 0 Å². The van der Waals surface area contributed by atoms with Gasteiger partial charge in [0.1, 0.15) is 10.1 Å². The highest BCUT2D eigenvalue weighted by Crippen LogP contribution is 2.26. The van der Waals surface area contributed by atoms with Gasteiger partial charge in [-0.05, 0) is 28.1 Å². The normalized spacial score (nSPS) is 12.9. The maximum atomic E-state index is 9.25. The van der Waals surface area contributed by atoms with E-state index < -0.39 is 6.10 Å². The molecule has 1 aromatic heterocycles. The predicted octanol–water partition coefficient (Wildman–Crippen LogP) is 1.09. The third kappa shape index (κ3) is 2.18. The van der Waals surface area contributed by atoms with Gasteiger partial charge in [-0.15, -0.1) is 0 Å². The fourth-order valence-electron chi connectivity index (χ4n) is 1.44. The van der Waals surface area contributed by atoms with Crippen LogP contribution in [0.15, 0.2) is 22.8 Å². The highest BCUT2D eigenvalue weighted by molar-refractivity contribution is 9.10. The van der Waals surface area contributed by atoms with Gasteiger partial charge in [0.2, 0.25) is 0 Å². The quantitative estimate of drug-likeness (QED) is 0.678. The number of aliphatic hydroxyl groups excluding tert-OH is 2. The number of para-hydroxylation sites is 1. The Morgan fingerprint density at radius 3 is 3.06 bits per heavy atom. The molecule has 2 rings (SSSR count). The first kappa shape index (κ1) is 11.4. The summed E-state index contributed by atoms with van der Waals surface area (Å²) in [6, 6.07) is 5.71. The van der Waals surface area contributed by atoms with Gasteiger partial charge >= 0.3 is 0 Å². The monoisotopic (exact) mass is 285 g/mol. The molecule has 0 spiro atoms. The number of hydrogen-bond donors (Lipinski definition) is 4. The minimum Gasteiger partial charge on any atom is -0.394 e. The maximum Gasteiger partial charge on any atom is 0.116 e. The third-order valence-corrected chi connectivity index (χ3v) is 2.88. The van der Waals surface area contributed by atoms with Crippen molar-refractivity contribution in [3.05, 3.63) is 22.8 Å². The van der Waals surface area contributed by atoms with E-state index in [4.69, 9.17) is 5.11 Å². The lowest BCUT2D eigenvalue weighted by Gasteiger charge is -2.10. The molecule has 0 aliphatic heterocycles. The second kappa shape index (κ2) is 4.82. The highest BCUT2D eigenvalue weighted by Gasteiger charge is 2.08. The Labute approximate surface area is 101 Å². The van der Waals surface area contributed by atoms with Crippen LogP contribution in [0.2, 0.25) is 0 Å². The van der Waals surface area contributed by atoms with Crippen molar-refractivity contribution >= 4 is 32.5 Å². The van der Waals surface area contributed by atoms with Crippen molar-refractivity contribution in [2.24, 2.45) is 0 Å². The molecule has 1 heterocycles. The number of rotatable bonds is 4. The minimum atomic E-state index is -0.766. The summed E-state index contributed by atoms with van der Waals surface area (Å²) in [6.07, 6.45) is -0.766. The SMILES string of the molecule is OCC(O)CNc1cccc2c(Br)[nH]nc12. The van der Waals surface area contributed by atoms with Crippen molar-refractivity contribution in [1.29, 1.82) is 0 Å². The maximum absolute atomic E-state index is 9.25. The average molecular weight is 286 g/mol. The number of halogens is 1. The van der Waals surface area contributed by atoms with Crippen molar-refractivity contribution in [3.63, 3.8) is 0 Å². The smallest absolute Gasteiger partial charge is 0.116 e. The third-order valence-electron chi connectivity index (χ3n) is 2.28. The summed E-state index contributed by atoms with van der Waals surface area (Å²) in [6.45, 7) is 0.0350. The number of aromatic nitrogens is 2. The number of H-pyrrole nitrogens is 1. The van der Waals surface area contributed by atoms with E-state index in [9.17, 15) is 5.11 Å². The summed E-state index contributed by atoms with van der Waals surface area (Å²) in [4.78, 5) is 0. The molecule has 0 aliphatic carbocycles. The molecule has 0 bridgehead atoms. The first-order valence-electron chi connectivity index (χ1n) is 4.87. The first-order chi connectivity index (χ1) is 7.72. The molecule has 5 nitrogen and oxygen atoms in total. The Bertz CT molecular complexity index is 486. The fourth-order valence-corrected chi connectivity index (χ4v) is 1.85. The van der Waals surface area contributed by atoms with Gasteiger partial charge in [0, 0.05) is 11.9 Å². The van der Waals surface area contributed by atoms with Crippen molar-refractivity contribution in [2.75, 3.05) is 18.5 Å². The molecule has 2 aromatic rings. The predicted molar refractivity (Wildman–Crippen MR) is 65.4 cm³/mol. The minimum absolute atomic E-state index is 0.257. The Kier molecular flexibility index (Phi) is 3.42. The standard InChI is InChI=1S/C10H12BrN3O2/c11-10-7-2-1-3-8(9(7)13-14-10)12-4-6(16)5-15/h1-3,6,12,15-16H,4-5H2,(H,13,14). The number of fused-ring (bicyclic) bond motifs is 1. The van der Waals surface area contributed by atoms with Gasteiger partial charge in [0.15, 0.2) is 0 Å². The molecule has 0 amide bonds. The largest absolute Gasteiger partial charge is 0.394 e. The van der Waals surface area contributed by atoms with Crippen LogP contribution in [0.1, 0.15) is 0 Å². The number of hydrogen-bond acceptors (Lipinski definition) is 4. The van der Waals surface area contributed by atoms with Gasteiger partial charge in [-0.1, -0.05) is 6.07 Å². The van der Waals surface area contributed by atoms with E-state index in [0.717, 1.165) is 21.2 Å². The van der Waals surface area contributed by atoms with Crippen LogP contribution >= 0.6 is 15.9 Å². The summed E-state index contributed by atoms with van der Waals surface area (Å²) < 4.78 is 0.828. The van der Waals surface area contributed by atoms with Crippen LogP contribution in [0, 0.1) is 0 Å². The Hall–Kier alpha value is -1.11. The molecule has 0 radical (unpaired) electrons. The lowest BCUT2D eigenvalue weighted by Crippen LogP contribution is -2.22. The summed E-state index contributed by atoms with van der Waals surface area (Å²) in [7, 11) is 0. The van der Waals surface area contributed by atoms with E-state index in [0.29, 0.717) is 6.54 Å². The second-order valence-corrected chi connectivity index (χ2v) is 4.25. The summed E-state index contributed by atoms with van der Waals surface area (Å²) in [5, 5.41) is 28.9. The number of nitrogens with one attached hydrogen (secondary N) is 2. The van der Waals surface area contributed by atoms with Crippen molar-refractivity contribution in [1.82, 2.24) is 10.2 Å². The van der Waals surface area contributed by atoms with E-state index >= 15 is 0 Å². The van der Waals surface area contributed by atoms with Crippen LogP contribution in [0.5, 0.6) is 0 Å². The average Bonchev–Trinajstić information content (AvgIpc) is 2.69. The zero-order chi connectivity index (χ0) is 11.5. The Morgan fingerprint density at radius 2 is 2.31 bits per heavy atom. The summed E-state index contributed by atoms with van der Waals surface area (Å²) >= 11 is 3.36. The summed E-state index contributed by atoms with van der Waals surface area (Å²) in [5.41, 5.74) is 1.63. The number of aromatic amines is 1. The van der Waals surface area contributed by atoms with E-state index in [1.807, 2.05) is 18.2 Å². The molecule has 86 valence electrons. The van der Waals surface area contributed by atoms with Crippen molar-refractivity contribution < 1.29 is 10.2 Å². The lowest BCUT2D eigenvalue weighted by atomic mass is 10.2.